The Kier molecular flexibility index (Phi) is 2.71. The molecule has 0 aliphatic heterocycles. The SMILES string of the molecule is CC1(C)c2ccccc2-c2cc3c(ccc4ccc(Cl)cc43)cc21. The first kappa shape index (κ1) is 14.1. The van der Waals surface area contributed by atoms with Crippen molar-refractivity contribution in [1.82, 2.24) is 0 Å². The second-order valence-corrected chi connectivity index (χ2v) is 7.66. The third-order valence-corrected chi connectivity index (χ3v) is 5.74. The van der Waals surface area contributed by atoms with Crippen LogP contribution in [0.25, 0.3) is 32.7 Å². The van der Waals surface area contributed by atoms with Crippen molar-refractivity contribution in [1.29, 1.82) is 0 Å². The van der Waals surface area contributed by atoms with Crippen molar-refractivity contribution in [3.63, 3.8) is 0 Å². The van der Waals surface area contributed by atoms with Crippen LogP contribution in [0.1, 0.15) is 25.0 Å². The van der Waals surface area contributed by atoms with E-state index in [2.05, 4.69) is 74.5 Å². The normalized spacial score (nSPS) is 14.8. The van der Waals surface area contributed by atoms with Crippen LogP contribution in [0.4, 0.5) is 0 Å². The van der Waals surface area contributed by atoms with Crippen molar-refractivity contribution >= 4 is 33.1 Å². The van der Waals surface area contributed by atoms with E-state index in [0.717, 1.165) is 5.02 Å². The Morgan fingerprint density at radius 1 is 0.667 bits per heavy atom. The molecule has 4 aromatic carbocycles. The van der Waals surface area contributed by atoms with Crippen LogP contribution in [0.3, 0.4) is 0 Å². The molecular formula is C23H17Cl. The fourth-order valence-corrected chi connectivity index (χ4v) is 4.39. The van der Waals surface area contributed by atoms with Crippen LogP contribution in [0.15, 0.2) is 66.7 Å². The van der Waals surface area contributed by atoms with E-state index < -0.39 is 0 Å². The molecule has 116 valence electrons. The average molecular weight is 329 g/mol. The maximum atomic E-state index is 6.26. The molecule has 0 amide bonds. The largest absolute Gasteiger partial charge is 0.0843 e. The molecule has 0 heterocycles. The Hall–Kier alpha value is -2.31. The Morgan fingerprint density at radius 2 is 1.38 bits per heavy atom. The Labute approximate surface area is 146 Å². The quantitative estimate of drug-likeness (QED) is 0.306. The van der Waals surface area contributed by atoms with E-state index in [1.807, 2.05) is 6.07 Å². The van der Waals surface area contributed by atoms with E-state index in [1.165, 1.54) is 43.8 Å². The van der Waals surface area contributed by atoms with E-state index in [-0.39, 0.29) is 5.41 Å². The lowest BCUT2D eigenvalue weighted by atomic mass is 9.82. The molecule has 5 rings (SSSR count). The van der Waals surface area contributed by atoms with Gasteiger partial charge >= 0.3 is 0 Å². The Morgan fingerprint density at radius 3 is 2.25 bits per heavy atom. The van der Waals surface area contributed by atoms with Gasteiger partial charge in [-0.3, -0.25) is 0 Å². The zero-order valence-corrected chi connectivity index (χ0v) is 14.5. The van der Waals surface area contributed by atoms with E-state index in [9.17, 15) is 0 Å². The molecule has 0 spiro atoms. The van der Waals surface area contributed by atoms with Gasteiger partial charge in [0.25, 0.3) is 0 Å². The number of fused-ring (bicyclic) bond motifs is 6. The van der Waals surface area contributed by atoms with Crippen molar-refractivity contribution in [2.24, 2.45) is 0 Å². The zero-order chi connectivity index (χ0) is 16.5. The summed E-state index contributed by atoms with van der Waals surface area (Å²) in [5.41, 5.74) is 5.59. The Balaban J connectivity index is 1.95. The lowest BCUT2D eigenvalue weighted by Gasteiger charge is -2.21. The van der Waals surface area contributed by atoms with Gasteiger partial charge in [0, 0.05) is 10.4 Å². The molecular weight excluding hydrogens is 312 g/mol. The van der Waals surface area contributed by atoms with Gasteiger partial charge in [-0.2, -0.15) is 0 Å². The van der Waals surface area contributed by atoms with Gasteiger partial charge < -0.3 is 0 Å². The fraction of sp³-hybridized carbons (Fsp3) is 0.130. The highest BCUT2D eigenvalue weighted by Crippen LogP contribution is 2.50. The molecule has 24 heavy (non-hydrogen) atoms. The highest BCUT2D eigenvalue weighted by atomic mass is 35.5. The van der Waals surface area contributed by atoms with Crippen molar-refractivity contribution < 1.29 is 0 Å². The summed E-state index contributed by atoms with van der Waals surface area (Å²) in [4.78, 5) is 0. The molecule has 0 N–H and O–H groups in total. The molecule has 0 radical (unpaired) electrons. The minimum atomic E-state index is 0.0450. The van der Waals surface area contributed by atoms with E-state index in [0.29, 0.717) is 0 Å². The van der Waals surface area contributed by atoms with Crippen LogP contribution < -0.4 is 0 Å². The molecule has 4 aromatic rings. The van der Waals surface area contributed by atoms with Gasteiger partial charge in [-0.15, -0.1) is 0 Å². The first-order chi connectivity index (χ1) is 11.6. The van der Waals surface area contributed by atoms with Gasteiger partial charge in [-0.05, 0) is 68.1 Å². The van der Waals surface area contributed by atoms with Crippen LogP contribution in [0.5, 0.6) is 0 Å². The van der Waals surface area contributed by atoms with Gasteiger partial charge in [0.1, 0.15) is 0 Å². The molecule has 1 aliphatic carbocycles. The summed E-state index contributed by atoms with van der Waals surface area (Å²) >= 11 is 6.26. The van der Waals surface area contributed by atoms with Crippen LogP contribution in [0.2, 0.25) is 5.02 Å². The average Bonchev–Trinajstić information content (AvgIpc) is 2.81. The highest BCUT2D eigenvalue weighted by molar-refractivity contribution is 6.31. The van der Waals surface area contributed by atoms with Crippen LogP contribution in [-0.2, 0) is 5.41 Å². The summed E-state index contributed by atoms with van der Waals surface area (Å²) in [6.07, 6.45) is 0. The molecule has 0 nitrogen and oxygen atoms in total. The van der Waals surface area contributed by atoms with Crippen molar-refractivity contribution in [2.45, 2.75) is 19.3 Å². The van der Waals surface area contributed by atoms with E-state index in [1.54, 1.807) is 0 Å². The summed E-state index contributed by atoms with van der Waals surface area (Å²) < 4.78 is 0. The number of hydrogen-bond donors (Lipinski definition) is 0. The second-order valence-electron chi connectivity index (χ2n) is 7.22. The summed E-state index contributed by atoms with van der Waals surface area (Å²) in [6.45, 7) is 4.64. The molecule has 1 aliphatic rings. The minimum Gasteiger partial charge on any atom is -0.0843 e. The predicted octanol–water partition coefficient (Wildman–Crippen LogP) is 6.95. The molecule has 0 saturated heterocycles. The molecule has 0 saturated carbocycles. The second kappa shape index (κ2) is 4.62. The maximum absolute atomic E-state index is 6.26. The van der Waals surface area contributed by atoms with Crippen molar-refractivity contribution in [3.8, 4) is 11.1 Å². The molecule has 0 unspecified atom stereocenters. The lowest BCUT2D eigenvalue weighted by Crippen LogP contribution is -2.14. The van der Waals surface area contributed by atoms with Crippen molar-refractivity contribution in [3.05, 3.63) is 82.9 Å². The molecule has 0 bridgehead atoms. The van der Waals surface area contributed by atoms with Crippen LogP contribution >= 0.6 is 11.6 Å². The van der Waals surface area contributed by atoms with Gasteiger partial charge in [-0.25, -0.2) is 0 Å². The summed E-state index contributed by atoms with van der Waals surface area (Å²) in [5, 5.41) is 5.81. The zero-order valence-electron chi connectivity index (χ0n) is 13.7. The van der Waals surface area contributed by atoms with Gasteiger partial charge in [0.2, 0.25) is 0 Å². The number of benzene rings is 4. The first-order valence-corrected chi connectivity index (χ1v) is 8.70. The first-order valence-electron chi connectivity index (χ1n) is 8.32. The van der Waals surface area contributed by atoms with E-state index in [4.69, 9.17) is 11.6 Å². The topological polar surface area (TPSA) is 0 Å². The third-order valence-electron chi connectivity index (χ3n) is 5.50. The number of halogens is 1. The Bertz CT molecular complexity index is 1140. The molecule has 0 atom stereocenters. The van der Waals surface area contributed by atoms with E-state index >= 15 is 0 Å². The lowest BCUT2D eigenvalue weighted by molar-refractivity contribution is 0.661. The van der Waals surface area contributed by atoms with Crippen LogP contribution in [0, 0.1) is 0 Å². The summed E-state index contributed by atoms with van der Waals surface area (Å²) in [6, 6.07) is 24.1. The predicted molar refractivity (Wildman–Crippen MR) is 104 cm³/mol. The van der Waals surface area contributed by atoms with Gasteiger partial charge in [0.15, 0.2) is 0 Å². The van der Waals surface area contributed by atoms with Gasteiger partial charge in [0.05, 0.1) is 0 Å². The van der Waals surface area contributed by atoms with Crippen LogP contribution in [-0.4, -0.2) is 0 Å². The molecule has 0 fully saturated rings. The maximum Gasteiger partial charge on any atom is 0.0412 e. The highest BCUT2D eigenvalue weighted by Gasteiger charge is 2.35. The fourth-order valence-electron chi connectivity index (χ4n) is 4.22. The van der Waals surface area contributed by atoms with Gasteiger partial charge in [-0.1, -0.05) is 67.9 Å². The molecule has 1 heteroatoms. The number of rotatable bonds is 0. The summed E-state index contributed by atoms with van der Waals surface area (Å²) in [5.74, 6) is 0. The third kappa shape index (κ3) is 1.75. The standard InChI is InChI=1S/C23H17Cl/c1-23(2)21-6-4-3-5-17(21)20-13-19-15(11-22(20)23)8-7-14-9-10-16(24)12-18(14)19/h3-13H,1-2H3. The minimum absolute atomic E-state index is 0.0450. The summed E-state index contributed by atoms with van der Waals surface area (Å²) in [7, 11) is 0. The monoisotopic (exact) mass is 328 g/mol. The smallest absolute Gasteiger partial charge is 0.0412 e. The number of hydrogen-bond acceptors (Lipinski definition) is 0. The molecule has 0 aromatic heterocycles. The van der Waals surface area contributed by atoms with Crippen molar-refractivity contribution in [2.75, 3.05) is 0 Å².